The maximum atomic E-state index is 9.33. The van der Waals surface area contributed by atoms with Gasteiger partial charge < -0.3 is 9.84 Å². The quantitative estimate of drug-likeness (QED) is 0.905. The van der Waals surface area contributed by atoms with Gasteiger partial charge in [-0.05, 0) is 29.0 Å². The Morgan fingerprint density at radius 1 is 1.27 bits per heavy atom. The fraction of sp³-hybridized carbons (Fsp3) is 0.167. The molecule has 2 aromatic rings. The lowest BCUT2D eigenvalue weighted by molar-refractivity contribution is 0.275. The number of fused-ring (bicyclic) bond motifs is 1. The van der Waals surface area contributed by atoms with E-state index in [9.17, 15) is 5.11 Å². The van der Waals surface area contributed by atoms with Crippen LogP contribution in [0.4, 0.5) is 0 Å². The zero-order valence-corrected chi connectivity index (χ0v) is 9.91. The molecule has 0 aliphatic rings. The average Bonchev–Trinajstić information content (AvgIpc) is 2.27. The molecule has 0 bridgehead atoms. The molecule has 0 unspecified atom stereocenters. The first kappa shape index (κ1) is 10.5. The molecule has 0 amide bonds. The third-order valence-electron chi connectivity index (χ3n) is 2.43. The molecule has 2 nitrogen and oxygen atoms in total. The summed E-state index contributed by atoms with van der Waals surface area (Å²) in [5, 5.41) is 11.4. The summed E-state index contributed by atoms with van der Waals surface area (Å²) >= 11 is 3.42. The van der Waals surface area contributed by atoms with Crippen LogP contribution in [0.1, 0.15) is 5.56 Å². The smallest absolute Gasteiger partial charge is 0.125 e. The largest absolute Gasteiger partial charge is 0.496 e. The van der Waals surface area contributed by atoms with Gasteiger partial charge in [0, 0.05) is 10.0 Å². The summed E-state index contributed by atoms with van der Waals surface area (Å²) in [4.78, 5) is 0. The lowest BCUT2D eigenvalue weighted by atomic mass is 10.0. The maximum Gasteiger partial charge on any atom is 0.125 e. The molecule has 0 aromatic heterocycles. The zero-order valence-electron chi connectivity index (χ0n) is 8.33. The Labute approximate surface area is 96.6 Å². The second-order valence-corrected chi connectivity index (χ2v) is 4.19. The van der Waals surface area contributed by atoms with Crippen LogP contribution in [-0.2, 0) is 6.61 Å². The fourth-order valence-electron chi connectivity index (χ4n) is 1.70. The summed E-state index contributed by atoms with van der Waals surface area (Å²) in [6.45, 7) is -0.0118. The molecule has 0 heterocycles. The zero-order chi connectivity index (χ0) is 10.8. The monoisotopic (exact) mass is 266 g/mol. The highest BCUT2D eigenvalue weighted by Crippen LogP contribution is 2.29. The first-order valence-electron chi connectivity index (χ1n) is 4.62. The van der Waals surface area contributed by atoms with Crippen molar-refractivity contribution >= 4 is 26.7 Å². The van der Waals surface area contributed by atoms with Gasteiger partial charge in [0.15, 0.2) is 0 Å². The standard InChI is InChI=1S/C12H11BrO2/c1-15-12-5-2-8-6-9(13)3-4-10(8)11(12)7-14/h2-6,14H,7H2,1H3. The van der Waals surface area contributed by atoms with Crippen LogP contribution < -0.4 is 4.74 Å². The Morgan fingerprint density at radius 3 is 2.73 bits per heavy atom. The molecule has 0 spiro atoms. The van der Waals surface area contributed by atoms with Crippen LogP contribution in [0.2, 0.25) is 0 Å². The van der Waals surface area contributed by atoms with Crippen molar-refractivity contribution in [3.8, 4) is 5.75 Å². The fourth-order valence-corrected chi connectivity index (χ4v) is 2.08. The van der Waals surface area contributed by atoms with E-state index < -0.39 is 0 Å². The predicted octanol–water partition coefficient (Wildman–Crippen LogP) is 3.10. The molecular formula is C12H11BrO2. The number of benzene rings is 2. The van der Waals surface area contributed by atoms with Gasteiger partial charge in [-0.2, -0.15) is 0 Å². The van der Waals surface area contributed by atoms with Crippen molar-refractivity contribution in [2.75, 3.05) is 7.11 Å². The van der Waals surface area contributed by atoms with Gasteiger partial charge in [0.2, 0.25) is 0 Å². The summed E-state index contributed by atoms with van der Waals surface area (Å²) in [7, 11) is 1.61. The summed E-state index contributed by atoms with van der Waals surface area (Å²) < 4.78 is 6.23. The Hall–Kier alpha value is -1.06. The normalized spacial score (nSPS) is 10.6. The number of rotatable bonds is 2. The lowest BCUT2D eigenvalue weighted by Crippen LogP contribution is -1.93. The number of hydrogen-bond donors (Lipinski definition) is 1. The molecule has 0 aliphatic carbocycles. The van der Waals surface area contributed by atoms with E-state index in [0.717, 1.165) is 26.6 Å². The third kappa shape index (κ3) is 1.85. The second-order valence-electron chi connectivity index (χ2n) is 3.27. The van der Waals surface area contributed by atoms with Crippen molar-refractivity contribution in [1.29, 1.82) is 0 Å². The molecule has 2 rings (SSSR count). The highest BCUT2D eigenvalue weighted by Gasteiger charge is 2.06. The molecule has 0 aliphatic heterocycles. The van der Waals surface area contributed by atoms with Gasteiger partial charge in [-0.1, -0.05) is 28.1 Å². The molecule has 0 fully saturated rings. The number of aliphatic hydroxyl groups is 1. The third-order valence-corrected chi connectivity index (χ3v) is 2.92. The van der Waals surface area contributed by atoms with Crippen LogP contribution in [0.5, 0.6) is 5.75 Å². The van der Waals surface area contributed by atoms with Crippen molar-refractivity contribution in [1.82, 2.24) is 0 Å². The molecule has 78 valence electrons. The van der Waals surface area contributed by atoms with Gasteiger partial charge in [-0.25, -0.2) is 0 Å². The van der Waals surface area contributed by atoms with Gasteiger partial charge in [-0.15, -0.1) is 0 Å². The molecule has 3 heteroatoms. The number of hydrogen-bond acceptors (Lipinski definition) is 2. The minimum Gasteiger partial charge on any atom is -0.496 e. The van der Waals surface area contributed by atoms with E-state index in [2.05, 4.69) is 15.9 Å². The lowest BCUT2D eigenvalue weighted by Gasteiger charge is -2.09. The van der Waals surface area contributed by atoms with Gasteiger partial charge in [-0.3, -0.25) is 0 Å². The molecule has 1 N–H and O–H groups in total. The van der Waals surface area contributed by atoms with Crippen LogP contribution in [0.25, 0.3) is 10.8 Å². The molecule has 15 heavy (non-hydrogen) atoms. The highest BCUT2D eigenvalue weighted by molar-refractivity contribution is 9.10. The molecule has 0 atom stereocenters. The van der Waals surface area contributed by atoms with E-state index in [0.29, 0.717) is 0 Å². The van der Waals surface area contributed by atoms with Crippen LogP contribution in [0.3, 0.4) is 0 Å². The van der Waals surface area contributed by atoms with Gasteiger partial charge >= 0.3 is 0 Å². The van der Waals surface area contributed by atoms with E-state index >= 15 is 0 Å². The van der Waals surface area contributed by atoms with Crippen LogP contribution in [0, 0.1) is 0 Å². The van der Waals surface area contributed by atoms with Crippen molar-refractivity contribution in [2.45, 2.75) is 6.61 Å². The number of aliphatic hydroxyl groups excluding tert-OH is 1. The number of ether oxygens (including phenoxy) is 1. The summed E-state index contributed by atoms with van der Waals surface area (Å²) in [5.41, 5.74) is 0.836. The van der Waals surface area contributed by atoms with E-state index in [1.165, 1.54) is 0 Å². The molecular weight excluding hydrogens is 256 g/mol. The Balaban J connectivity index is 2.76. The predicted molar refractivity (Wildman–Crippen MR) is 64.1 cm³/mol. The van der Waals surface area contributed by atoms with Crippen molar-refractivity contribution in [3.63, 3.8) is 0 Å². The molecule has 0 radical (unpaired) electrons. The Bertz CT molecular complexity index is 494. The van der Waals surface area contributed by atoms with E-state index in [4.69, 9.17) is 4.74 Å². The minimum absolute atomic E-state index is 0.0118. The number of methoxy groups -OCH3 is 1. The maximum absolute atomic E-state index is 9.33. The average molecular weight is 267 g/mol. The second kappa shape index (κ2) is 4.21. The minimum atomic E-state index is -0.0118. The van der Waals surface area contributed by atoms with Crippen LogP contribution in [-0.4, -0.2) is 12.2 Å². The topological polar surface area (TPSA) is 29.5 Å². The highest BCUT2D eigenvalue weighted by atomic mass is 79.9. The van der Waals surface area contributed by atoms with E-state index in [1.807, 2.05) is 30.3 Å². The van der Waals surface area contributed by atoms with Crippen molar-refractivity contribution in [3.05, 3.63) is 40.4 Å². The van der Waals surface area contributed by atoms with Crippen LogP contribution >= 0.6 is 15.9 Å². The van der Waals surface area contributed by atoms with Gasteiger partial charge in [0.05, 0.1) is 13.7 Å². The Kier molecular flexibility index (Phi) is 2.93. The first-order chi connectivity index (χ1) is 7.26. The summed E-state index contributed by atoms with van der Waals surface area (Å²) in [6.07, 6.45) is 0. The number of halogens is 1. The Morgan fingerprint density at radius 2 is 2.07 bits per heavy atom. The summed E-state index contributed by atoms with van der Waals surface area (Å²) in [5.74, 6) is 0.729. The van der Waals surface area contributed by atoms with Crippen LogP contribution in [0.15, 0.2) is 34.8 Å². The molecule has 0 saturated carbocycles. The molecule has 0 saturated heterocycles. The van der Waals surface area contributed by atoms with Gasteiger partial charge in [0.25, 0.3) is 0 Å². The SMILES string of the molecule is COc1ccc2cc(Br)ccc2c1CO. The first-order valence-corrected chi connectivity index (χ1v) is 5.41. The molecule has 2 aromatic carbocycles. The summed E-state index contributed by atoms with van der Waals surface area (Å²) in [6, 6.07) is 9.82. The van der Waals surface area contributed by atoms with Crippen molar-refractivity contribution in [2.24, 2.45) is 0 Å². The van der Waals surface area contributed by atoms with E-state index in [1.54, 1.807) is 7.11 Å². The van der Waals surface area contributed by atoms with E-state index in [-0.39, 0.29) is 6.61 Å². The van der Waals surface area contributed by atoms with Gasteiger partial charge in [0.1, 0.15) is 5.75 Å². The van der Waals surface area contributed by atoms with Crippen molar-refractivity contribution < 1.29 is 9.84 Å².